The van der Waals surface area contributed by atoms with Crippen LogP contribution in [-0.4, -0.2) is 27.4 Å². The zero-order valence-electron chi connectivity index (χ0n) is 16.6. The minimum Gasteiger partial charge on any atom is -0.451 e. The number of rotatable bonds is 4. The van der Waals surface area contributed by atoms with E-state index in [9.17, 15) is 9.18 Å². The van der Waals surface area contributed by atoms with E-state index in [1.807, 2.05) is 22.6 Å². The van der Waals surface area contributed by atoms with Crippen molar-refractivity contribution in [2.75, 3.05) is 5.32 Å². The fourth-order valence-corrected chi connectivity index (χ4v) is 4.16. The van der Waals surface area contributed by atoms with E-state index >= 15 is 0 Å². The fraction of sp³-hybridized carbons (Fsp3) is 0.261. The molecule has 1 aromatic carbocycles. The van der Waals surface area contributed by atoms with E-state index < -0.39 is 0 Å². The number of pyridine rings is 1. The quantitative estimate of drug-likeness (QED) is 0.518. The molecule has 0 bridgehead atoms. The lowest BCUT2D eigenvalue weighted by atomic mass is 9.91. The topological polar surface area (TPSA) is 95.4 Å². The van der Waals surface area contributed by atoms with Gasteiger partial charge in [0.05, 0.1) is 0 Å². The van der Waals surface area contributed by atoms with Crippen molar-refractivity contribution in [1.29, 1.82) is 5.26 Å². The Bertz CT molecular complexity index is 1310. The molecule has 1 aliphatic carbocycles. The molecule has 2 N–H and O–H groups in total. The van der Waals surface area contributed by atoms with Crippen molar-refractivity contribution >= 4 is 28.3 Å². The number of hydrogen-bond donors (Lipinski definition) is 2. The molecule has 0 atom stereocenters. The van der Waals surface area contributed by atoms with Crippen molar-refractivity contribution in [3.8, 4) is 6.07 Å². The molecule has 1 aliphatic rings. The predicted octanol–water partition coefficient (Wildman–Crippen LogP) is 4.24. The first-order chi connectivity index (χ1) is 15.1. The molecular weight excluding hydrogens is 397 g/mol. The molecule has 7 nitrogen and oxygen atoms in total. The van der Waals surface area contributed by atoms with Gasteiger partial charge in [0, 0.05) is 23.7 Å². The summed E-state index contributed by atoms with van der Waals surface area (Å²) in [4.78, 5) is 16.8. The van der Waals surface area contributed by atoms with Gasteiger partial charge in [-0.1, -0.05) is 6.07 Å². The van der Waals surface area contributed by atoms with Crippen LogP contribution in [0.2, 0.25) is 0 Å². The minimum absolute atomic E-state index is 0.0599. The van der Waals surface area contributed by atoms with E-state index in [1.165, 1.54) is 18.2 Å². The van der Waals surface area contributed by atoms with Gasteiger partial charge in [0.25, 0.3) is 5.91 Å². The smallest absolute Gasteiger partial charge is 0.287 e. The summed E-state index contributed by atoms with van der Waals surface area (Å²) in [6.07, 6.45) is 5.19. The van der Waals surface area contributed by atoms with E-state index in [0.29, 0.717) is 16.7 Å². The van der Waals surface area contributed by atoms with Gasteiger partial charge < -0.3 is 15.1 Å². The molecule has 3 aromatic heterocycles. The first-order valence-corrected chi connectivity index (χ1v) is 10.2. The average Bonchev–Trinajstić information content (AvgIpc) is 3.39. The normalized spacial score (nSPS) is 18.7. The van der Waals surface area contributed by atoms with Crippen LogP contribution in [0.4, 0.5) is 10.2 Å². The van der Waals surface area contributed by atoms with Crippen LogP contribution in [0, 0.1) is 17.1 Å². The maximum atomic E-state index is 13.4. The van der Waals surface area contributed by atoms with Gasteiger partial charge in [-0.2, -0.15) is 5.26 Å². The number of furan rings is 1. The van der Waals surface area contributed by atoms with E-state index in [2.05, 4.69) is 21.7 Å². The maximum absolute atomic E-state index is 13.4. The summed E-state index contributed by atoms with van der Waals surface area (Å²) in [5.41, 5.74) is 1.61. The highest BCUT2D eigenvalue weighted by Crippen LogP contribution is 2.25. The predicted molar refractivity (Wildman–Crippen MR) is 113 cm³/mol. The van der Waals surface area contributed by atoms with E-state index in [0.717, 1.165) is 37.1 Å². The number of anilines is 1. The highest BCUT2D eigenvalue weighted by atomic mass is 19.1. The zero-order valence-corrected chi connectivity index (χ0v) is 16.6. The molecule has 1 amide bonds. The highest BCUT2D eigenvalue weighted by Gasteiger charge is 2.24. The molecule has 0 spiro atoms. The van der Waals surface area contributed by atoms with Crippen molar-refractivity contribution < 1.29 is 13.6 Å². The molecule has 5 rings (SSSR count). The molecule has 0 aliphatic heterocycles. The van der Waals surface area contributed by atoms with Gasteiger partial charge in [-0.05, 0) is 62.1 Å². The number of aromatic nitrogens is 2. The molecule has 0 saturated heterocycles. The number of nitriles is 1. The summed E-state index contributed by atoms with van der Waals surface area (Å²) in [5.74, 6) is 0.455. The van der Waals surface area contributed by atoms with Crippen LogP contribution in [0.3, 0.4) is 0 Å². The average molecular weight is 417 g/mol. The number of hydrogen-bond acceptors (Lipinski definition) is 5. The van der Waals surface area contributed by atoms with Crippen molar-refractivity contribution in [3.63, 3.8) is 0 Å². The number of amides is 1. The fourth-order valence-electron chi connectivity index (χ4n) is 4.16. The maximum Gasteiger partial charge on any atom is 0.287 e. The highest BCUT2D eigenvalue weighted by molar-refractivity contribution is 5.96. The molecule has 0 unspecified atom stereocenters. The summed E-state index contributed by atoms with van der Waals surface area (Å²) in [6.45, 7) is 0. The Labute approximate surface area is 177 Å². The Kier molecular flexibility index (Phi) is 4.79. The Morgan fingerprint density at radius 3 is 2.77 bits per heavy atom. The standard InChI is InChI=1S/C23H20FN5O2/c24-15-4-9-19-14(10-15)11-20(31-19)23(30)28-17-7-5-16(6-8-17)26-21-2-1-3-22-27-18(12-25)13-29(21)22/h1-4,9-11,13,16-17,26H,5-8H2,(H,28,30)/t16-,17+. The Morgan fingerprint density at radius 2 is 1.97 bits per heavy atom. The largest absolute Gasteiger partial charge is 0.451 e. The molecule has 8 heteroatoms. The van der Waals surface area contributed by atoms with Crippen LogP contribution in [0.5, 0.6) is 0 Å². The number of imidazole rings is 1. The molecule has 3 heterocycles. The van der Waals surface area contributed by atoms with Gasteiger partial charge in [-0.15, -0.1) is 0 Å². The van der Waals surface area contributed by atoms with Gasteiger partial charge in [0.1, 0.15) is 28.9 Å². The first kappa shape index (κ1) is 19.1. The van der Waals surface area contributed by atoms with E-state index in [1.54, 1.807) is 12.3 Å². The lowest BCUT2D eigenvalue weighted by Gasteiger charge is -2.30. The zero-order chi connectivity index (χ0) is 21.4. The third-order valence-electron chi connectivity index (χ3n) is 5.72. The number of fused-ring (bicyclic) bond motifs is 2. The number of nitrogens with zero attached hydrogens (tertiary/aromatic N) is 3. The van der Waals surface area contributed by atoms with Gasteiger partial charge >= 0.3 is 0 Å². The second-order valence-corrected chi connectivity index (χ2v) is 7.84. The van der Waals surface area contributed by atoms with Gasteiger partial charge in [-0.25, -0.2) is 9.37 Å². The van der Waals surface area contributed by atoms with Crippen molar-refractivity contribution in [2.24, 2.45) is 0 Å². The summed E-state index contributed by atoms with van der Waals surface area (Å²) in [7, 11) is 0. The molecule has 1 fully saturated rings. The Hall–Kier alpha value is -3.86. The Balaban J connectivity index is 1.20. The minimum atomic E-state index is -0.360. The summed E-state index contributed by atoms with van der Waals surface area (Å²) in [6, 6.07) is 13.9. The van der Waals surface area contributed by atoms with E-state index in [4.69, 9.17) is 9.68 Å². The van der Waals surface area contributed by atoms with Gasteiger partial charge in [-0.3, -0.25) is 9.20 Å². The summed E-state index contributed by atoms with van der Waals surface area (Å²) >= 11 is 0. The first-order valence-electron chi connectivity index (χ1n) is 10.2. The number of carbonyl (C=O) groups excluding carboxylic acids is 1. The van der Waals surface area contributed by atoms with Crippen molar-refractivity contribution in [1.82, 2.24) is 14.7 Å². The lowest BCUT2D eigenvalue weighted by Crippen LogP contribution is -2.40. The number of nitrogens with one attached hydrogen (secondary N) is 2. The second-order valence-electron chi connectivity index (χ2n) is 7.84. The van der Waals surface area contributed by atoms with Gasteiger partial charge in [0.2, 0.25) is 0 Å². The molecule has 31 heavy (non-hydrogen) atoms. The third kappa shape index (κ3) is 3.82. The second kappa shape index (κ2) is 7.76. The summed E-state index contributed by atoms with van der Waals surface area (Å²) in [5, 5.41) is 16.2. The molecule has 0 radical (unpaired) electrons. The number of carbonyl (C=O) groups is 1. The van der Waals surface area contributed by atoms with Crippen molar-refractivity contribution in [3.05, 3.63) is 65.9 Å². The van der Waals surface area contributed by atoms with Crippen LogP contribution in [-0.2, 0) is 0 Å². The number of benzene rings is 1. The number of halogens is 1. The van der Waals surface area contributed by atoms with Crippen LogP contribution < -0.4 is 10.6 Å². The molecule has 156 valence electrons. The molecular formula is C23H20FN5O2. The monoisotopic (exact) mass is 417 g/mol. The lowest BCUT2D eigenvalue weighted by molar-refractivity contribution is 0.0900. The van der Waals surface area contributed by atoms with E-state index in [-0.39, 0.29) is 29.6 Å². The third-order valence-corrected chi connectivity index (χ3v) is 5.72. The van der Waals surface area contributed by atoms with Crippen molar-refractivity contribution in [2.45, 2.75) is 37.8 Å². The van der Waals surface area contributed by atoms with Crippen LogP contribution in [0.1, 0.15) is 41.9 Å². The van der Waals surface area contributed by atoms with Gasteiger partial charge in [0.15, 0.2) is 11.5 Å². The SMILES string of the molecule is N#Cc1cn2c(N[C@H]3CC[C@@H](NC(=O)c4cc5cc(F)ccc5o4)CC3)cccc2n1. The summed E-state index contributed by atoms with van der Waals surface area (Å²) < 4.78 is 20.8. The van der Waals surface area contributed by atoms with Crippen LogP contribution in [0.15, 0.2) is 53.1 Å². The van der Waals surface area contributed by atoms with Crippen LogP contribution >= 0.6 is 0 Å². The van der Waals surface area contributed by atoms with Crippen LogP contribution in [0.25, 0.3) is 16.6 Å². The molecule has 1 saturated carbocycles. The molecule has 4 aromatic rings. The Morgan fingerprint density at radius 1 is 1.16 bits per heavy atom.